The van der Waals surface area contributed by atoms with Crippen LogP contribution >= 0.6 is 36.0 Å². The lowest BCUT2D eigenvalue weighted by atomic mass is 10.0. The van der Waals surface area contributed by atoms with Crippen molar-refractivity contribution in [1.82, 2.24) is 15.3 Å². The number of carbonyl (C=O) groups is 1. The third-order valence-electron chi connectivity index (χ3n) is 6.84. The number of nitrogens with one attached hydrogen (secondary N) is 2. The second kappa shape index (κ2) is 15.4. The molecule has 0 bridgehead atoms. The largest absolute Gasteiger partial charge is 0.493 e. The van der Waals surface area contributed by atoms with E-state index in [0.29, 0.717) is 35.8 Å². The highest BCUT2D eigenvalue weighted by Crippen LogP contribution is 2.40. The van der Waals surface area contributed by atoms with E-state index in [-0.39, 0.29) is 41.2 Å². The Bertz CT molecular complexity index is 1940. The SMILES string of the molecule is Cl.O=C(Cc1ccccc1)NC(=S)Nc1ccc(Oc2ccnc3ccsc23)c(F)c1-c1ccc(OCCc2ccccn2)cc1. The molecule has 0 spiro atoms. The molecule has 0 saturated heterocycles. The Labute approximate surface area is 280 Å². The van der Waals surface area contributed by atoms with Crippen LogP contribution < -0.4 is 20.1 Å². The van der Waals surface area contributed by atoms with Crippen LogP contribution in [0.5, 0.6) is 17.2 Å². The molecule has 0 aliphatic heterocycles. The summed E-state index contributed by atoms with van der Waals surface area (Å²) >= 11 is 6.91. The van der Waals surface area contributed by atoms with Gasteiger partial charge in [0.1, 0.15) is 11.5 Å². The van der Waals surface area contributed by atoms with Gasteiger partial charge in [-0.15, -0.1) is 23.7 Å². The third-order valence-corrected chi connectivity index (χ3v) is 7.96. The fraction of sp³-hybridized carbons (Fsp3) is 0.0857. The molecule has 1 amide bonds. The topological polar surface area (TPSA) is 85.4 Å². The zero-order chi connectivity index (χ0) is 31.0. The van der Waals surface area contributed by atoms with Crippen molar-refractivity contribution in [2.75, 3.05) is 11.9 Å². The number of rotatable bonds is 10. The summed E-state index contributed by atoms with van der Waals surface area (Å²) in [5.41, 5.74) is 3.71. The van der Waals surface area contributed by atoms with Gasteiger partial charge in [-0.05, 0) is 71.2 Å². The predicted octanol–water partition coefficient (Wildman–Crippen LogP) is 8.39. The highest BCUT2D eigenvalue weighted by molar-refractivity contribution is 7.80. The molecule has 46 heavy (non-hydrogen) atoms. The number of anilines is 1. The normalized spacial score (nSPS) is 10.5. The standard InChI is InChI=1S/C35H27FN4O3S2.ClH/c36-33-29(43-30-15-19-38-28-17-21-45-34(28)30)14-13-27(39-35(44)40-31(41)22-23-6-2-1-3-7-23)32(33)24-9-11-26(12-10-24)42-20-16-25-8-4-5-18-37-25;/h1-15,17-19,21H,16,20,22H2,(H2,39,40,41,44);1H. The fourth-order valence-electron chi connectivity index (χ4n) is 4.71. The minimum absolute atomic E-state index is 0. The van der Waals surface area contributed by atoms with Gasteiger partial charge in [-0.2, -0.15) is 0 Å². The maximum Gasteiger partial charge on any atom is 0.230 e. The molecule has 3 aromatic heterocycles. The first-order valence-electron chi connectivity index (χ1n) is 14.1. The zero-order valence-electron chi connectivity index (χ0n) is 24.3. The van der Waals surface area contributed by atoms with E-state index in [9.17, 15) is 4.79 Å². The number of fused-ring (bicyclic) bond motifs is 1. The molecular weight excluding hydrogens is 643 g/mol. The third kappa shape index (κ3) is 8.02. The number of pyridine rings is 2. The first-order valence-corrected chi connectivity index (χ1v) is 15.4. The van der Waals surface area contributed by atoms with Crippen LogP contribution in [-0.2, 0) is 17.6 Å². The number of benzene rings is 3. The van der Waals surface area contributed by atoms with E-state index in [4.69, 9.17) is 21.7 Å². The monoisotopic (exact) mass is 670 g/mol. The number of thiocarbonyl (C=S) groups is 1. The Balaban J connectivity index is 0.00000417. The summed E-state index contributed by atoms with van der Waals surface area (Å²) in [5, 5.41) is 7.66. The molecule has 232 valence electrons. The molecule has 3 heterocycles. The number of halogens is 2. The number of hydrogen-bond acceptors (Lipinski definition) is 7. The maximum absolute atomic E-state index is 16.4. The minimum atomic E-state index is -0.594. The summed E-state index contributed by atoms with van der Waals surface area (Å²) in [7, 11) is 0. The fourth-order valence-corrected chi connectivity index (χ4v) is 5.74. The van der Waals surface area contributed by atoms with Crippen molar-refractivity contribution in [1.29, 1.82) is 0 Å². The lowest BCUT2D eigenvalue weighted by Crippen LogP contribution is -2.35. The lowest BCUT2D eigenvalue weighted by Gasteiger charge is -2.17. The van der Waals surface area contributed by atoms with E-state index in [1.54, 1.807) is 48.8 Å². The molecule has 0 fully saturated rings. The van der Waals surface area contributed by atoms with Crippen molar-refractivity contribution >= 4 is 62.9 Å². The average molecular weight is 671 g/mol. The van der Waals surface area contributed by atoms with Gasteiger partial charge in [-0.3, -0.25) is 14.8 Å². The maximum atomic E-state index is 16.4. The van der Waals surface area contributed by atoms with Crippen LogP contribution in [0.15, 0.2) is 115 Å². The number of amides is 1. The molecule has 11 heteroatoms. The van der Waals surface area contributed by atoms with E-state index in [1.165, 1.54) is 17.4 Å². The van der Waals surface area contributed by atoms with E-state index in [2.05, 4.69) is 20.6 Å². The van der Waals surface area contributed by atoms with Gasteiger partial charge < -0.3 is 20.1 Å². The van der Waals surface area contributed by atoms with Gasteiger partial charge in [-0.1, -0.05) is 48.5 Å². The van der Waals surface area contributed by atoms with Crippen LogP contribution in [0.25, 0.3) is 21.3 Å². The summed E-state index contributed by atoms with van der Waals surface area (Å²) < 4.78 is 29.2. The van der Waals surface area contributed by atoms with Crippen LogP contribution in [-0.4, -0.2) is 27.6 Å². The molecule has 2 N–H and O–H groups in total. The Morgan fingerprint density at radius 3 is 2.46 bits per heavy atom. The number of carbonyl (C=O) groups excluding carboxylic acids is 1. The molecule has 0 atom stereocenters. The van der Waals surface area contributed by atoms with Crippen molar-refractivity contribution in [3.63, 3.8) is 0 Å². The smallest absolute Gasteiger partial charge is 0.230 e. The Kier molecular flexibility index (Phi) is 10.9. The molecule has 0 saturated carbocycles. The molecule has 0 aliphatic carbocycles. The van der Waals surface area contributed by atoms with Crippen molar-refractivity contribution < 1.29 is 18.7 Å². The van der Waals surface area contributed by atoms with Gasteiger partial charge in [0.05, 0.1) is 28.9 Å². The first-order chi connectivity index (χ1) is 22.0. The summed E-state index contributed by atoms with van der Waals surface area (Å²) in [5.74, 6) is 0.291. The van der Waals surface area contributed by atoms with Crippen LogP contribution in [0, 0.1) is 5.82 Å². The molecular formula is C35H28ClFN4O3S2. The highest BCUT2D eigenvalue weighted by Gasteiger charge is 2.20. The molecule has 3 aromatic carbocycles. The molecule has 6 rings (SSSR count). The number of hydrogen-bond donors (Lipinski definition) is 2. The summed E-state index contributed by atoms with van der Waals surface area (Å²) in [6, 6.07) is 29.0. The number of thiophene rings is 1. The van der Waals surface area contributed by atoms with E-state index in [0.717, 1.165) is 21.5 Å². The zero-order valence-corrected chi connectivity index (χ0v) is 26.8. The summed E-state index contributed by atoms with van der Waals surface area (Å²) in [6.45, 7) is 0.445. The number of ether oxygens (including phenoxy) is 2. The second-order valence-corrected chi connectivity index (χ2v) is 11.3. The van der Waals surface area contributed by atoms with Crippen LogP contribution in [0.3, 0.4) is 0 Å². The van der Waals surface area contributed by atoms with Gasteiger partial charge in [0.25, 0.3) is 0 Å². The van der Waals surface area contributed by atoms with E-state index in [1.807, 2.05) is 60.0 Å². The van der Waals surface area contributed by atoms with Crippen molar-refractivity contribution in [2.24, 2.45) is 0 Å². The first kappa shape index (κ1) is 32.5. The number of nitrogens with zero attached hydrogens (tertiary/aromatic N) is 2. The summed E-state index contributed by atoms with van der Waals surface area (Å²) in [6.07, 6.45) is 4.19. The van der Waals surface area contributed by atoms with Crippen LogP contribution in [0.1, 0.15) is 11.3 Å². The molecule has 0 aliphatic rings. The second-order valence-electron chi connectivity index (χ2n) is 9.95. The van der Waals surface area contributed by atoms with E-state index < -0.39 is 5.82 Å². The van der Waals surface area contributed by atoms with Gasteiger partial charge in [0.2, 0.25) is 5.91 Å². The summed E-state index contributed by atoms with van der Waals surface area (Å²) in [4.78, 5) is 21.3. The lowest BCUT2D eigenvalue weighted by molar-refractivity contribution is -0.119. The van der Waals surface area contributed by atoms with Gasteiger partial charge in [0.15, 0.2) is 16.7 Å². The van der Waals surface area contributed by atoms with Crippen molar-refractivity contribution in [3.05, 3.63) is 132 Å². The Morgan fingerprint density at radius 2 is 1.67 bits per heavy atom. The van der Waals surface area contributed by atoms with Crippen LogP contribution in [0.2, 0.25) is 0 Å². The van der Waals surface area contributed by atoms with Gasteiger partial charge >= 0.3 is 0 Å². The van der Waals surface area contributed by atoms with Gasteiger partial charge in [0, 0.05) is 36.1 Å². The van der Waals surface area contributed by atoms with Crippen molar-refractivity contribution in [2.45, 2.75) is 12.8 Å². The Hall–Kier alpha value is -4.90. The highest BCUT2D eigenvalue weighted by atomic mass is 35.5. The molecule has 0 radical (unpaired) electrons. The van der Waals surface area contributed by atoms with Crippen molar-refractivity contribution in [3.8, 4) is 28.4 Å². The molecule has 0 unspecified atom stereocenters. The molecule has 7 nitrogen and oxygen atoms in total. The predicted molar refractivity (Wildman–Crippen MR) is 187 cm³/mol. The minimum Gasteiger partial charge on any atom is -0.493 e. The quantitative estimate of drug-likeness (QED) is 0.142. The van der Waals surface area contributed by atoms with Crippen LogP contribution in [0.4, 0.5) is 10.1 Å². The average Bonchev–Trinajstić information content (AvgIpc) is 3.54. The van der Waals surface area contributed by atoms with Gasteiger partial charge in [-0.25, -0.2) is 4.39 Å². The Morgan fingerprint density at radius 1 is 0.870 bits per heavy atom. The van der Waals surface area contributed by atoms with E-state index >= 15 is 4.39 Å². The molecule has 6 aromatic rings. The number of aromatic nitrogens is 2.